The molecule has 5 nitrogen and oxygen atoms in total. The van der Waals surface area contributed by atoms with E-state index >= 15 is 0 Å². The van der Waals surface area contributed by atoms with Gasteiger partial charge in [0.15, 0.2) is 0 Å². The molecule has 142 valence electrons. The second kappa shape index (κ2) is 8.20. The monoisotopic (exact) mass is 450 g/mol. The fraction of sp³-hybridized carbons (Fsp3) is 0.300. The molecule has 1 N–H and O–H groups in total. The smallest absolute Gasteiger partial charge is 0.412 e. The van der Waals surface area contributed by atoms with Gasteiger partial charge in [-0.1, -0.05) is 44.5 Å². The Hall–Kier alpha value is -2.23. The summed E-state index contributed by atoms with van der Waals surface area (Å²) in [6.45, 7) is 5.86. The predicted molar refractivity (Wildman–Crippen MR) is 110 cm³/mol. The van der Waals surface area contributed by atoms with Crippen molar-refractivity contribution in [1.29, 1.82) is 5.26 Å². The maximum absolute atomic E-state index is 12.3. The Bertz CT molecular complexity index is 886. The first-order chi connectivity index (χ1) is 12.6. The molecule has 0 saturated carbocycles. The van der Waals surface area contributed by atoms with Gasteiger partial charge in [0.05, 0.1) is 35.5 Å². The normalized spacial score (nSPS) is 12.2. The summed E-state index contributed by atoms with van der Waals surface area (Å²) >= 11 is 9.72. The van der Waals surface area contributed by atoms with Crippen LogP contribution < -0.4 is 9.64 Å². The third kappa shape index (κ3) is 4.55. The van der Waals surface area contributed by atoms with Crippen LogP contribution in [-0.4, -0.2) is 18.3 Å². The number of nitrogens with zero attached hydrogens (tertiary/aromatic N) is 2. The highest BCUT2D eigenvalue weighted by Gasteiger charge is 2.37. The zero-order valence-corrected chi connectivity index (χ0v) is 17.8. The first kappa shape index (κ1) is 21.1. The van der Waals surface area contributed by atoms with Crippen molar-refractivity contribution in [1.82, 2.24) is 0 Å². The third-order valence-electron chi connectivity index (χ3n) is 4.11. The summed E-state index contributed by atoms with van der Waals surface area (Å²) in [5.41, 5.74) is 0.909. The summed E-state index contributed by atoms with van der Waals surface area (Å²) in [6, 6.07) is 11.8. The van der Waals surface area contributed by atoms with E-state index in [1.165, 1.54) is 11.0 Å². The van der Waals surface area contributed by atoms with E-state index in [2.05, 4.69) is 15.9 Å². The largest absolute Gasteiger partial charge is 0.497 e. The first-order valence-electron chi connectivity index (χ1n) is 8.15. The highest BCUT2D eigenvalue weighted by molar-refractivity contribution is 9.10. The van der Waals surface area contributed by atoms with E-state index in [1.54, 1.807) is 25.3 Å². The Morgan fingerprint density at radius 2 is 1.89 bits per heavy atom. The second-order valence-electron chi connectivity index (χ2n) is 7.10. The van der Waals surface area contributed by atoms with Gasteiger partial charge in [0.25, 0.3) is 0 Å². The molecule has 0 aliphatic carbocycles. The van der Waals surface area contributed by atoms with E-state index in [4.69, 9.17) is 16.3 Å². The number of anilines is 1. The molecule has 0 saturated heterocycles. The van der Waals surface area contributed by atoms with Crippen molar-refractivity contribution in [2.75, 3.05) is 12.0 Å². The zero-order chi connectivity index (χ0) is 20.4. The number of nitriles is 1. The molecule has 2 aromatic rings. The molecule has 0 bridgehead atoms. The van der Waals surface area contributed by atoms with Gasteiger partial charge in [0, 0.05) is 4.47 Å². The number of halogens is 2. The van der Waals surface area contributed by atoms with Crippen molar-refractivity contribution in [2.45, 2.75) is 26.8 Å². The van der Waals surface area contributed by atoms with E-state index < -0.39 is 17.6 Å². The fourth-order valence-corrected chi connectivity index (χ4v) is 3.64. The Morgan fingerprint density at radius 1 is 1.30 bits per heavy atom. The number of hydrogen-bond acceptors (Lipinski definition) is 3. The molecule has 2 rings (SSSR count). The number of rotatable bonds is 4. The van der Waals surface area contributed by atoms with Gasteiger partial charge < -0.3 is 9.84 Å². The summed E-state index contributed by atoms with van der Waals surface area (Å²) in [5.74, 6) is 0.681. The average molecular weight is 452 g/mol. The standard InChI is InChI=1S/C20H20BrClN2O3/c1-20(2,3)18(13-5-7-14(27-4)8-6-13)24(19(25)26)16-10-12(11-23)9-15(21)17(16)22/h5-10,18H,1-4H3,(H,25,26). The summed E-state index contributed by atoms with van der Waals surface area (Å²) in [7, 11) is 1.57. The minimum atomic E-state index is -1.16. The fourth-order valence-electron chi connectivity index (χ4n) is 2.99. The molecule has 0 heterocycles. The third-order valence-corrected chi connectivity index (χ3v) is 5.36. The van der Waals surface area contributed by atoms with Crippen molar-refractivity contribution < 1.29 is 14.6 Å². The van der Waals surface area contributed by atoms with Crippen LogP contribution in [0.3, 0.4) is 0 Å². The lowest BCUT2D eigenvalue weighted by molar-refractivity contribution is 0.189. The van der Waals surface area contributed by atoms with Crippen molar-refractivity contribution >= 4 is 39.3 Å². The van der Waals surface area contributed by atoms with Gasteiger partial charge in [0.1, 0.15) is 5.75 Å². The molecule has 0 aromatic heterocycles. The predicted octanol–water partition coefficient (Wildman–Crippen LogP) is 6.25. The van der Waals surface area contributed by atoms with E-state index in [1.807, 2.05) is 39.0 Å². The number of ether oxygens (including phenoxy) is 1. The molecule has 0 spiro atoms. The number of benzene rings is 2. The Labute approximate surface area is 172 Å². The van der Waals surface area contributed by atoms with Crippen LogP contribution in [0.15, 0.2) is 40.9 Å². The van der Waals surface area contributed by atoms with Crippen molar-refractivity contribution in [3.05, 3.63) is 57.0 Å². The minimum Gasteiger partial charge on any atom is -0.497 e. The molecular formula is C20H20BrClN2O3. The zero-order valence-electron chi connectivity index (χ0n) is 15.5. The molecule has 2 aromatic carbocycles. The molecule has 27 heavy (non-hydrogen) atoms. The number of methoxy groups -OCH3 is 1. The lowest BCUT2D eigenvalue weighted by Crippen LogP contribution is -2.40. The Morgan fingerprint density at radius 3 is 2.33 bits per heavy atom. The number of carboxylic acid groups (broad SMARTS) is 1. The van der Waals surface area contributed by atoms with Crippen molar-refractivity contribution in [2.24, 2.45) is 5.41 Å². The van der Waals surface area contributed by atoms with E-state index in [-0.39, 0.29) is 10.7 Å². The summed E-state index contributed by atoms with van der Waals surface area (Å²) in [5, 5.41) is 19.6. The van der Waals surface area contributed by atoms with Crippen LogP contribution in [-0.2, 0) is 0 Å². The van der Waals surface area contributed by atoms with Gasteiger partial charge in [-0.15, -0.1) is 0 Å². The second-order valence-corrected chi connectivity index (χ2v) is 8.33. The number of hydrogen-bond donors (Lipinski definition) is 1. The molecule has 7 heteroatoms. The summed E-state index contributed by atoms with van der Waals surface area (Å²) in [4.78, 5) is 13.5. The van der Waals surface area contributed by atoms with Crippen LogP contribution in [0, 0.1) is 16.7 Å². The highest BCUT2D eigenvalue weighted by atomic mass is 79.9. The van der Waals surface area contributed by atoms with Crippen LogP contribution in [0.5, 0.6) is 5.75 Å². The summed E-state index contributed by atoms with van der Waals surface area (Å²) < 4.78 is 5.66. The maximum Gasteiger partial charge on any atom is 0.412 e. The maximum atomic E-state index is 12.3. The van der Waals surface area contributed by atoms with Gasteiger partial charge in [-0.2, -0.15) is 5.26 Å². The molecule has 1 amide bonds. The van der Waals surface area contributed by atoms with Crippen LogP contribution >= 0.6 is 27.5 Å². The molecule has 0 aliphatic heterocycles. The lowest BCUT2D eigenvalue weighted by Gasteiger charge is -2.39. The molecule has 0 aliphatic rings. The van der Waals surface area contributed by atoms with Gasteiger partial charge in [-0.25, -0.2) is 4.79 Å². The van der Waals surface area contributed by atoms with Crippen LogP contribution in [0.2, 0.25) is 5.02 Å². The van der Waals surface area contributed by atoms with Crippen molar-refractivity contribution in [3.8, 4) is 11.8 Å². The highest BCUT2D eigenvalue weighted by Crippen LogP contribution is 2.45. The molecule has 0 radical (unpaired) electrons. The van der Waals surface area contributed by atoms with Gasteiger partial charge in [-0.05, 0) is 51.2 Å². The van der Waals surface area contributed by atoms with E-state index in [9.17, 15) is 15.2 Å². The van der Waals surface area contributed by atoms with E-state index in [0.29, 0.717) is 15.8 Å². The molecular weight excluding hydrogens is 432 g/mol. The van der Waals surface area contributed by atoms with Crippen LogP contribution in [0.1, 0.15) is 37.9 Å². The average Bonchev–Trinajstić information content (AvgIpc) is 2.61. The van der Waals surface area contributed by atoms with Gasteiger partial charge in [-0.3, -0.25) is 4.90 Å². The SMILES string of the molecule is COc1ccc(C(N(C(=O)O)c2cc(C#N)cc(Br)c2Cl)C(C)(C)C)cc1. The Kier molecular flexibility index (Phi) is 6.40. The Balaban J connectivity index is 2.71. The first-order valence-corrected chi connectivity index (χ1v) is 9.32. The molecule has 1 atom stereocenters. The lowest BCUT2D eigenvalue weighted by atomic mass is 9.81. The van der Waals surface area contributed by atoms with Crippen LogP contribution in [0.4, 0.5) is 10.5 Å². The minimum absolute atomic E-state index is 0.235. The molecule has 0 fully saturated rings. The van der Waals surface area contributed by atoms with E-state index in [0.717, 1.165) is 5.56 Å². The topological polar surface area (TPSA) is 73.6 Å². The molecule has 1 unspecified atom stereocenters. The quantitative estimate of drug-likeness (QED) is 0.596. The van der Waals surface area contributed by atoms with Gasteiger partial charge >= 0.3 is 6.09 Å². The van der Waals surface area contributed by atoms with Gasteiger partial charge in [0.2, 0.25) is 0 Å². The number of carbonyl (C=O) groups is 1. The van der Waals surface area contributed by atoms with Crippen molar-refractivity contribution in [3.63, 3.8) is 0 Å². The summed E-state index contributed by atoms with van der Waals surface area (Å²) in [6.07, 6.45) is -1.16. The number of amides is 1. The van der Waals surface area contributed by atoms with Crippen LogP contribution in [0.25, 0.3) is 0 Å².